The van der Waals surface area contributed by atoms with E-state index in [0.717, 1.165) is 38.3 Å². The predicted molar refractivity (Wildman–Crippen MR) is 99.5 cm³/mol. The van der Waals surface area contributed by atoms with Crippen LogP contribution in [0, 0.1) is 23.7 Å². The number of rotatable bonds is 5. The first-order chi connectivity index (χ1) is 12.5. The third-order valence-electron chi connectivity index (χ3n) is 6.20. The number of ether oxygens (including phenoxy) is 1. The average molecular weight is 358 g/mol. The minimum absolute atomic E-state index is 0.209. The number of hydrogen-bond acceptors (Lipinski definition) is 4. The highest BCUT2D eigenvalue weighted by Crippen LogP contribution is 2.39. The fraction of sp³-hybridized carbons (Fsp3) is 0.700. The summed E-state index contributed by atoms with van der Waals surface area (Å²) in [6.45, 7) is 7.23. The van der Waals surface area contributed by atoms with Gasteiger partial charge >= 0.3 is 0 Å². The van der Waals surface area contributed by atoms with E-state index in [1.165, 1.54) is 24.1 Å². The number of carbonyl (C=O) groups excluding carboxylic acids is 1. The molecule has 1 atom stereocenters. The number of amides is 1. The van der Waals surface area contributed by atoms with Crippen molar-refractivity contribution >= 4 is 5.91 Å². The molecule has 0 radical (unpaired) electrons. The lowest BCUT2D eigenvalue weighted by Gasteiger charge is -2.48. The van der Waals surface area contributed by atoms with Crippen LogP contribution in [0.5, 0.6) is 0 Å². The van der Waals surface area contributed by atoms with Crippen molar-refractivity contribution in [2.75, 3.05) is 39.9 Å². The molecular weight excluding hydrogens is 328 g/mol. The van der Waals surface area contributed by atoms with Crippen molar-refractivity contribution in [2.45, 2.75) is 39.2 Å². The Morgan fingerprint density at radius 1 is 1.35 bits per heavy atom. The van der Waals surface area contributed by atoms with Crippen LogP contribution in [0.4, 0.5) is 0 Å². The molecule has 26 heavy (non-hydrogen) atoms. The first kappa shape index (κ1) is 18.9. The van der Waals surface area contributed by atoms with Gasteiger partial charge in [0.2, 0.25) is 5.91 Å². The van der Waals surface area contributed by atoms with Gasteiger partial charge in [-0.3, -0.25) is 9.69 Å². The second-order valence-electron chi connectivity index (χ2n) is 7.93. The second-order valence-corrected chi connectivity index (χ2v) is 7.93. The van der Waals surface area contributed by atoms with E-state index in [1.54, 1.807) is 7.11 Å². The van der Waals surface area contributed by atoms with E-state index in [2.05, 4.69) is 17.9 Å². The normalized spacial score (nSPS) is 24.2. The largest absolute Gasteiger partial charge is 0.383 e. The Hall–Kier alpha value is -1.84. The molecule has 1 aromatic rings. The number of likely N-dealkylation sites (tertiary alicyclic amines) is 2. The van der Waals surface area contributed by atoms with E-state index >= 15 is 0 Å². The summed E-state index contributed by atoms with van der Waals surface area (Å²) in [7, 11) is 3.64. The molecule has 2 saturated heterocycles. The quantitative estimate of drug-likeness (QED) is 0.808. The lowest BCUT2D eigenvalue weighted by atomic mass is 9.73. The molecule has 3 heterocycles. The summed E-state index contributed by atoms with van der Waals surface area (Å²) in [6, 6.07) is 4.29. The summed E-state index contributed by atoms with van der Waals surface area (Å²) in [6.07, 6.45) is 4.00. The number of nitrogens with zero attached hydrogens (tertiary/aromatic N) is 4. The number of hydrogen-bond donors (Lipinski definition) is 0. The van der Waals surface area contributed by atoms with E-state index in [1.807, 2.05) is 22.6 Å². The molecule has 0 aliphatic carbocycles. The van der Waals surface area contributed by atoms with Crippen LogP contribution in [-0.4, -0.2) is 60.2 Å². The lowest BCUT2D eigenvalue weighted by Crippen LogP contribution is -2.54. The van der Waals surface area contributed by atoms with Crippen LogP contribution in [0.25, 0.3) is 0 Å². The molecule has 1 aromatic heterocycles. The molecule has 0 saturated carbocycles. The summed E-state index contributed by atoms with van der Waals surface area (Å²) in [4.78, 5) is 16.7. The summed E-state index contributed by atoms with van der Waals surface area (Å²) < 4.78 is 7.15. The highest BCUT2D eigenvalue weighted by Gasteiger charge is 2.41. The fourth-order valence-electron chi connectivity index (χ4n) is 4.56. The van der Waals surface area contributed by atoms with Gasteiger partial charge < -0.3 is 14.2 Å². The molecule has 6 nitrogen and oxygen atoms in total. The molecule has 0 bridgehead atoms. The average Bonchev–Trinajstić information content (AvgIpc) is 2.91. The van der Waals surface area contributed by atoms with Crippen LogP contribution in [0.3, 0.4) is 0 Å². The van der Waals surface area contributed by atoms with Gasteiger partial charge in [-0.2, -0.15) is 5.26 Å². The summed E-state index contributed by atoms with van der Waals surface area (Å²) in [5, 5.41) is 9.25. The molecule has 2 fully saturated rings. The Morgan fingerprint density at radius 3 is 2.85 bits per heavy atom. The van der Waals surface area contributed by atoms with Crippen molar-refractivity contribution in [3.05, 3.63) is 23.0 Å². The third kappa shape index (κ3) is 3.79. The van der Waals surface area contributed by atoms with Crippen molar-refractivity contribution < 1.29 is 9.53 Å². The molecular formula is C20H30N4O2. The first-order valence-electron chi connectivity index (χ1n) is 9.52. The van der Waals surface area contributed by atoms with Gasteiger partial charge in [-0.25, -0.2) is 0 Å². The number of methoxy groups -OCH3 is 1. The Morgan fingerprint density at radius 2 is 2.15 bits per heavy atom. The Kier molecular flexibility index (Phi) is 5.69. The van der Waals surface area contributed by atoms with Crippen LogP contribution in [-0.2, 0) is 23.1 Å². The van der Waals surface area contributed by atoms with Crippen LogP contribution in [0.1, 0.15) is 42.6 Å². The number of carbonyl (C=O) groups is 1. The highest BCUT2D eigenvalue weighted by atomic mass is 16.5. The van der Waals surface area contributed by atoms with Crippen molar-refractivity contribution in [3.8, 4) is 6.07 Å². The van der Waals surface area contributed by atoms with Crippen molar-refractivity contribution in [2.24, 2.45) is 12.5 Å². The van der Waals surface area contributed by atoms with Gasteiger partial charge in [0.15, 0.2) is 0 Å². The first-order valence-corrected chi connectivity index (χ1v) is 9.52. The molecule has 1 spiro atoms. The Balaban J connectivity index is 1.69. The molecule has 2 aliphatic rings. The van der Waals surface area contributed by atoms with Gasteiger partial charge in [-0.1, -0.05) is 0 Å². The number of aromatic nitrogens is 1. The number of nitriles is 1. The van der Waals surface area contributed by atoms with Gasteiger partial charge in [-0.15, -0.1) is 0 Å². The molecule has 2 aliphatic heterocycles. The van der Waals surface area contributed by atoms with Crippen molar-refractivity contribution in [1.82, 2.24) is 14.4 Å². The summed E-state index contributed by atoms with van der Waals surface area (Å²) in [5.41, 5.74) is 3.34. The lowest BCUT2D eigenvalue weighted by molar-refractivity contribution is -0.140. The van der Waals surface area contributed by atoms with Gasteiger partial charge in [0.1, 0.15) is 11.8 Å². The number of piperidine rings is 2. The Bertz CT molecular complexity index is 705. The molecule has 142 valence electrons. The molecule has 6 heteroatoms. The van der Waals surface area contributed by atoms with Crippen LogP contribution in [0.15, 0.2) is 6.07 Å². The summed E-state index contributed by atoms with van der Waals surface area (Å²) in [5.74, 6) is 0.266. The Labute approximate surface area is 156 Å². The van der Waals surface area contributed by atoms with Crippen LogP contribution in [0.2, 0.25) is 0 Å². The van der Waals surface area contributed by atoms with Gasteiger partial charge in [0, 0.05) is 57.9 Å². The topological polar surface area (TPSA) is 61.5 Å². The zero-order chi connectivity index (χ0) is 18.7. The molecule has 0 N–H and O–H groups in total. The minimum atomic E-state index is 0.209. The van der Waals surface area contributed by atoms with Crippen molar-refractivity contribution in [1.29, 1.82) is 5.26 Å². The summed E-state index contributed by atoms with van der Waals surface area (Å²) >= 11 is 0. The van der Waals surface area contributed by atoms with Crippen LogP contribution < -0.4 is 0 Å². The maximum absolute atomic E-state index is 12.2. The van der Waals surface area contributed by atoms with Crippen LogP contribution >= 0.6 is 0 Å². The molecule has 1 amide bonds. The standard InChI is InChI=1S/C20H30N4O2/c1-16-17(11-18(12-21)22(16)2)13-23-8-4-6-20(14-23)7-5-19(25)24(15-20)9-10-26-3/h11H,4-10,13-15H2,1-3H3. The third-order valence-corrected chi connectivity index (χ3v) is 6.20. The van der Waals surface area contributed by atoms with Gasteiger partial charge in [-0.05, 0) is 44.4 Å². The highest BCUT2D eigenvalue weighted by molar-refractivity contribution is 5.77. The van der Waals surface area contributed by atoms with Crippen molar-refractivity contribution in [3.63, 3.8) is 0 Å². The maximum Gasteiger partial charge on any atom is 0.222 e. The van der Waals surface area contributed by atoms with Gasteiger partial charge in [0.25, 0.3) is 0 Å². The SMILES string of the molecule is COCCN1CC2(CCCN(Cc3cc(C#N)n(C)c3C)C2)CCC1=O. The molecule has 0 aromatic carbocycles. The van der Waals surface area contributed by atoms with Gasteiger partial charge in [0.05, 0.1) is 6.61 Å². The van der Waals surface area contributed by atoms with E-state index in [9.17, 15) is 10.1 Å². The second kappa shape index (κ2) is 7.81. The zero-order valence-corrected chi connectivity index (χ0v) is 16.3. The van der Waals surface area contributed by atoms with E-state index < -0.39 is 0 Å². The molecule has 3 rings (SSSR count). The zero-order valence-electron chi connectivity index (χ0n) is 16.3. The van der Waals surface area contributed by atoms with E-state index in [0.29, 0.717) is 19.6 Å². The van der Waals surface area contributed by atoms with E-state index in [-0.39, 0.29) is 11.3 Å². The predicted octanol–water partition coefficient (Wildman–Crippen LogP) is 2.06. The van der Waals surface area contributed by atoms with E-state index in [4.69, 9.17) is 4.74 Å². The fourth-order valence-corrected chi connectivity index (χ4v) is 4.56. The minimum Gasteiger partial charge on any atom is -0.383 e. The maximum atomic E-state index is 12.2. The smallest absolute Gasteiger partial charge is 0.222 e. The molecule has 1 unspecified atom stereocenters. The monoisotopic (exact) mass is 358 g/mol.